The second-order valence-corrected chi connectivity index (χ2v) is 21.6. The van der Waals surface area contributed by atoms with Crippen LogP contribution in [0.4, 0.5) is 0 Å². The van der Waals surface area contributed by atoms with E-state index in [9.17, 15) is 14.4 Å². The fraction of sp³-hybridized carbons (Fsp3) is 0.662. The molecule has 0 aromatic heterocycles. The Morgan fingerprint density at radius 2 is 0.487 bits per heavy atom. The van der Waals surface area contributed by atoms with E-state index in [4.69, 9.17) is 14.2 Å². The van der Waals surface area contributed by atoms with Crippen molar-refractivity contribution < 1.29 is 28.6 Å². The molecule has 454 valence electrons. The normalized spacial score (nSPS) is 13.0. The molecule has 0 fully saturated rings. The molecule has 0 N–H and O–H groups in total. The second kappa shape index (κ2) is 67.1. The summed E-state index contributed by atoms with van der Waals surface area (Å²) >= 11 is 0. The Balaban J connectivity index is 4.43. The molecule has 0 radical (unpaired) electrons. The van der Waals surface area contributed by atoms with Crippen LogP contribution >= 0.6 is 0 Å². The Kier molecular flexibility index (Phi) is 63.3. The molecule has 0 saturated carbocycles. The maximum atomic E-state index is 12.9. The fourth-order valence-electron chi connectivity index (χ4n) is 8.96. The molecule has 0 bridgehead atoms. The summed E-state index contributed by atoms with van der Waals surface area (Å²) in [5.41, 5.74) is 0. The minimum absolute atomic E-state index is 0.0930. The Hall–Kier alpha value is -4.45. The maximum Gasteiger partial charge on any atom is 0.306 e. The number of rotatable bonds is 59. The molecule has 6 nitrogen and oxygen atoms in total. The Morgan fingerprint density at radius 3 is 0.762 bits per heavy atom. The monoisotopic (exact) mass is 1110 g/mol. The van der Waals surface area contributed by atoms with Crippen molar-refractivity contribution in [3.63, 3.8) is 0 Å². The summed E-state index contributed by atoms with van der Waals surface area (Å²) in [6, 6.07) is 0. The van der Waals surface area contributed by atoms with Crippen molar-refractivity contribution in [1.82, 2.24) is 0 Å². The van der Waals surface area contributed by atoms with Gasteiger partial charge in [0.15, 0.2) is 6.10 Å². The van der Waals surface area contributed by atoms with E-state index in [1.165, 1.54) is 109 Å². The van der Waals surface area contributed by atoms with Gasteiger partial charge in [0.2, 0.25) is 0 Å². The minimum atomic E-state index is -0.799. The average Bonchev–Trinajstić information content (AvgIpc) is 3.46. The predicted molar refractivity (Wildman–Crippen MR) is 348 cm³/mol. The zero-order chi connectivity index (χ0) is 57.8. The molecule has 0 heterocycles. The van der Waals surface area contributed by atoms with Gasteiger partial charge in [-0.05, 0) is 135 Å². The van der Waals surface area contributed by atoms with Gasteiger partial charge in [-0.2, -0.15) is 0 Å². The van der Waals surface area contributed by atoms with Gasteiger partial charge in [0.1, 0.15) is 13.2 Å². The Bertz CT molecular complexity index is 1700. The third-order valence-corrected chi connectivity index (χ3v) is 13.9. The molecule has 0 aromatic carbocycles. The van der Waals surface area contributed by atoms with Gasteiger partial charge in [-0.15, -0.1) is 0 Å². The third kappa shape index (κ3) is 64.4. The van der Waals surface area contributed by atoms with Gasteiger partial charge in [0, 0.05) is 19.3 Å². The summed E-state index contributed by atoms with van der Waals surface area (Å²) in [7, 11) is 0. The molecule has 0 rings (SSSR count). The SMILES string of the molecule is CC/C=C\C/C=C\C/C=C\C/C=C\C/C=C\CCCCCCCCCCCC(=O)OCC(COC(=O)CCCCCCCCC/C=C\C/C=C\CCCCCC)OC(=O)CCCCCCCC/C=C\C/C=C\C/C=C\C/C=C\CC. The first-order valence-electron chi connectivity index (χ1n) is 33.2. The highest BCUT2D eigenvalue weighted by atomic mass is 16.6. The maximum absolute atomic E-state index is 12.9. The molecule has 0 aliphatic heterocycles. The molecule has 0 amide bonds. The minimum Gasteiger partial charge on any atom is -0.462 e. The van der Waals surface area contributed by atoms with Gasteiger partial charge in [-0.25, -0.2) is 0 Å². The van der Waals surface area contributed by atoms with Crippen molar-refractivity contribution in [2.45, 2.75) is 303 Å². The zero-order valence-electron chi connectivity index (χ0n) is 52.0. The lowest BCUT2D eigenvalue weighted by Crippen LogP contribution is -2.30. The van der Waals surface area contributed by atoms with Gasteiger partial charge in [0.25, 0.3) is 0 Å². The van der Waals surface area contributed by atoms with Gasteiger partial charge in [-0.1, -0.05) is 276 Å². The van der Waals surface area contributed by atoms with Crippen molar-refractivity contribution in [3.05, 3.63) is 134 Å². The van der Waals surface area contributed by atoms with Crippen LogP contribution in [0.15, 0.2) is 134 Å². The molecule has 1 atom stereocenters. The third-order valence-electron chi connectivity index (χ3n) is 13.9. The van der Waals surface area contributed by atoms with Gasteiger partial charge < -0.3 is 14.2 Å². The molecule has 0 aliphatic rings. The Morgan fingerprint density at radius 1 is 0.263 bits per heavy atom. The number of unbranched alkanes of at least 4 members (excludes halogenated alkanes) is 26. The highest BCUT2D eigenvalue weighted by Crippen LogP contribution is 2.15. The lowest BCUT2D eigenvalue weighted by molar-refractivity contribution is -0.167. The van der Waals surface area contributed by atoms with Crippen LogP contribution in [0.2, 0.25) is 0 Å². The van der Waals surface area contributed by atoms with Crippen molar-refractivity contribution >= 4 is 17.9 Å². The quantitative estimate of drug-likeness (QED) is 0.0261. The predicted octanol–water partition coefficient (Wildman–Crippen LogP) is 22.9. The van der Waals surface area contributed by atoms with E-state index in [1.54, 1.807) is 0 Å². The zero-order valence-corrected chi connectivity index (χ0v) is 52.0. The summed E-state index contributed by atoms with van der Waals surface area (Å²) in [6.45, 7) is 6.39. The van der Waals surface area contributed by atoms with Crippen molar-refractivity contribution in [1.29, 1.82) is 0 Å². The molecule has 0 saturated heterocycles. The highest BCUT2D eigenvalue weighted by molar-refractivity contribution is 5.71. The van der Waals surface area contributed by atoms with Crippen LogP contribution in [-0.4, -0.2) is 37.2 Å². The van der Waals surface area contributed by atoms with Crippen molar-refractivity contribution in [2.75, 3.05) is 13.2 Å². The van der Waals surface area contributed by atoms with Crippen LogP contribution in [0.3, 0.4) is 0 Å². The smallest absolute Gasteiger partial charge is 0.306 e. The van der Waals surface area contributed by atoms with Crippen LogP contribution in [0.25, 0.3) is 0 Å². The number of allylic oxidation sites excluding steroid dienone is 22. The second-order valence-electron chi connectivity index (χ2n) is 21.6. The van der Waals surface area contributed by atoms with Crippen LogP contribution in [0.1, 0.15) is 297 Å². The van der Waals surface area contributed by atoms with E-state index < -0.39 is 6.10 Å². The summed E-state index contributed by atoms with van der Waals surface area (Å²) < 4.78 is 16.9. The van der Waals surface area contributed by atoms with Crippen LogP contribution < -0.4 is 0 Å². The molecule has 0 aromatic rings. The number of esters is 3. The van der Waals surface area contributed by atoms with E-state index in [1.807, 2.05) is 0 Å². The molecular formula is C74H122O6. The first kappa shape index (κ1) is 75.5. The topological polar surface area (TPSA) is 78.9 Å². The van der Waals surface area contributed by atoms with E-state index in [2.05, 4.69) is 154 Å². The summed E-state index contributed by atoms with van der Waals surface area (Å²) in [6.07, 6.45) is 94.5. The van der Waals surface area contributed by atoms with Crippen LogP contribution in [0.5, 0.6) is 0 Å². The standard InChI is InChI=1S/C74H122O6/c1-4-7-10-13-16-19-22-25-28-31-34-35-36-37-38-39-41-43-46-49-52-55-58-61-64-67-73(76)79-70-71(69-78-72(75)66-63-60-57-54-51-48-45-42-33-30-27-24-21-18-15-12-9-6-3)80-74(77)68-65-62-59-56-53-50-47-44-40-32-29-26-23-20-17-14-11-8-5-2/h7-8,10-11,16-17,19-21,24-26,28-30,33-35,37-38,40,44,71H,4-6,9,12-15,18,22-23,27,31-32,36,39,41-43,45-70H2,1-3H3/b10-7-,11-8-,19-16-,20-17-,24-21-,28-25-,29-26-,33-30-,35-34-,38-37-,44-40-. The molecule has 6 heteroatoms. The van der Waals surface area contributed by atoms with Gasteiger partial charge in [0.05, 0.1) is 0 Å². The first-order valence-corrected chi connectivity index (χ1v) is 33.2. The number of carbonyl (C=O) groups is 3. The lowest BCUT2D eigenvalue weighted by atomic mass is 10.1. The first-order chi connectivity index (χ1) is 39.5. The fourth-order valence-corrected chi connectivity index (χ4v) is 8.96. The summed E-state index contributed by atoms with van der Waals surface area (Å²) in [4.78, 5) is 38.4. The van der Waals surface area contributed by atoms with E-state index in [0.717, 1.165) is 148 Å². The van der Waals surface area contributed by atoms with Crippen molar-refractivity contribution in [2.24, 2.45) is 0 Å². The molecule has 0 spiro atoms. The molecule has 80 heavy (non-hydrogen) atoms. The summed E-state index contributed by atoms with van der Waals surface area (Å²) in [5.74, 6) is -0.915. The van der Waals surface area contributed by atoms with E-state index in [0.29, 0.717) is 19.3 Å². The largest absolute Gasteiger partial charge is 0.462 e. The van der Waals surface area contributed by atoms with Gasteiger partial charge >= 0.3 is 17.9 Å². The average molecular weight is 1110 g/mol. The number of ether oxygens (including phenoxy) is 3. The molecular weight excluding hydrogens is 985 g/mol. The number of hydrogen-bond acceptors (Lipinski definition) is 6. The Labute approximate surface area is 494 Å². The number of carbonyl (C=O) groups excluding carboxylic acids is 3. The summed E-state index contributed by atoms with van der Waals surface area (Å²) in [5, 5.41) is 0. The lowest BCUT2D eigenvalue weighted by Gasteiger charge is -2.18. The highest BCUT2D eigenvalue weighted by Gasteiger charge is 2.19. The van der Waals surface area contributed by atoms with E-state index >= 15 is 0 Å². The van der Waals surface area contributed by atoms with Crippen molar-refractivity contribution in [3.8, 4) is 0 Å². The molecule has 1 unspecified atom stereocenters. The van der Waals surface area contributed by atoms with E-state index in [-0.39, 0.29) is 31.1 Å². The molecule has 0 aliphatic carbocycles. The van der Waals surface area contributed by atoms with Gasteiger partial charge in [-0.3, -0.25) is 14.4 Å². The number of hydrogen-bond donors (Lipinski definition) is 0. The van der Waals surface area contributed by atoms with Crippen LogP contribution in [0, 0.1) is 0 Å². The van der Waals surface area contributed by atoms with Crippen LogP contribution in [-0.2, 0) is 28.6 Å².